The van der Waals surface area contributed by atoms with Crippen molar-refractivity contribution in [1.29, 1.82) is 0 Å². The highest BCUT2D eigenvalue weighted by molar-refractivity contribution is 7.20. The lowest BCUT2D eigenvalue weighted by Crippen LogP contribution is -2.30. The van der Waals surface area contributed by atoms with E-state index in [-0.39, 0.29) is 5.91 Å². The van der Waals surface area contributed by atoms with E-state index in [4.69, 9.17) is 4.74 Å². The predicted octanol–water partition coefficient (Wildman–Crippen LogP) is 2.88. The molecular formula is C14H19N3O2S. The maximum Gasteiger partial charge on any atom is 0.264 e. The number of carbonyl (C=O) groups excluding carboxylic acids is 1. The van der Waals surface area contributed by atoms with Crippen LogP contribution in [0.1, 0.15) is 36.0 Å². The van der Waals surface area contributed by atoms with Crippen molar-refractivity contribution >= 4 is 27.5 Å². The fourth-order valence-electron chi connectivity index (χ4n) is 2.14. The van der Waals surface area contributed by atoms with Crippen LogP contribution < -0.4 is 4.74 Å². The SMILES string of the molecule is CCOc1ncnc2sc(C(=O)N(CC)CC)c(C)c12. The molecule has 2 heterocycles. The summed E-state index contributed by atoms with van der Waals surface area (Å²) in [6.45, 7) is 9.75. The van der Waals surface area contributed by atoms with Crippen LogP contribution in [-0.2, 0) is 0 Å². The van der Waals surface area contributed by atoms with Crippen LogP contribution in [0.15, 0.2) is 6.33 Å². The van der Waals surface area contributed by atoms with Crippen LogP contribution in [0.3, 0.4) is 0 Å². The van der Waals surface area contributed by atoms with E-state index in [1.54, 1.807) is 0 Å². The van der Waals surface area contributed by atoms with Gasteiger partial charge in [-0.05, 0) is 33.3 Å². The van der Waals surface area contributed by atoms with Gasteiger partial charge in [-0.2, -0.15) is 0 Å². The molecule has 0 aliphatic rings. The molecule has 0 saturated heterocycles. The van der Waals surface area contributed by atoms with E-state index < -0.39 is 0 Å². The number of hydrogen-bond donors (Lipinski definition) is 0. The third-order valence-electron chi connectivity index (χ3n) is 3.22. The lowest BCUT2D eigenvalue weighted by Gasteiger charge is -2.17. The van der Waals surface area contributed by atoms with E-state index in [1.165, 1.54) is 17.7 Å². The van der Waals surface area contributed by atoms with Crippen molar-refractivity contribution in [3.05, 3.63) is 16.8 Å². The number of amides is 1. The van der Waals surface area contributed by atoms with Crippen molar-refractivity contribution in [3.8, 4) is 5.88 Å². The number of hydrogen-bond acceptors (Lipinski definition) is 5. The molecule has 0 atom stereocenters. The molecule has 0 spiro atoms. The first-order valence-corrected chi connectivity index (χ1v) is 7.61. The van der Waals surface area contributed by atoms with Gasteiger partial charge in [-0.15, -0.1) is 11.3 Å². The summed E-state index contributed by atoms with van der Waals surface area (Å²) >= 11 is 1.41. The second kappa shape index (κ2) is 6.17. The van der Waals surface area contributed by atoms with Crippen LogP contribution in [0.4, 0.5) is 0 Å². The monoisotopic (exact) mass is 293 g/mol. The number of aromatic nitrogens is 2. The highest BCUT2D eigenvalue weighted by Gasteiger charge is 2.22. The number of nitrogens with zero attached hydrogens (tertiary/aromatic N) is 3. The van der Waals surface area contributed by atoms with E-state index in [1.807, 2.05) is 32.6 Å². The first kappa shape index (κ1) is 14.7. The third kappa shape index (κ3) is 2.47. The molecule has 0 aliphatic carbocycles. The Balaban J connectivity index is 2.54. The Morgan fingerprint density at radius 1 is 1.30 bits per heavy atom. The molecular weight excluding hydrogens is 274 g/mol. The Morgan fingerprint density at radius 3 is 2.60 bits per heavy atom. The van der Waals surface area contributed by atoms with Crippen LogP contribution in [0.2, 0.25) is 0 Å². The summed E-state index contributed by atoms with van der Waals surface area (Å²) in [6, 6.07) is 0. The first-order chi connectivity index (χ1) is 9.63. The van der Waals surface area contributed by atoms with Crippen LogP contribution >= 0.6 is 11.3 Å². The van der Waals surface area contributed by atoms with Crippen molar-refractivity contribution < 1.29 is 9.53 Å². The summed E-state index contributed by atoms with van der Waals surface area (Å²) in [5, 5.41) is 0.856. The molecule has 0 aromatic carbocycles. The molecule has 5 nitrogen and oxygen atoms in total. The normalized spacial score (nSPS) is 10.8. The van der Waals surface area contributed by atoms with E-state index in [0.717, 1.165) is 20.7 Å². The van der Waals surface area contributed by atoms with Crippen LogP contribution in [0.25, 0.3) is 10.2 Å². The lowest BCUT2D eigenvalue weighted by molar-refractivity contribution is 0.0777. The molecule has 2 aromatic heterocycles. The molecule has 0 radical (unpaired) electrons. The van der Waals surface area contributed by atoms with Crippen molar-refractivity contribution in [2.75, 3.05) is 19.7 Å². The Kier molecular flexibility index (Phi) is 4.54. The zero-order chi connectivity index (χ0) is 14.7. The summed E-state index contributed by atoms with van der Waals surface area (Å²) < 4.78 is 5.54. The Hall–Kier alpha value is -1.69. The molecule has 0 bridgehead atoms. The molecule has 20 heavy (non-hydrogen) atoms. The number of carbonyl (C=O) groups is 1. The average molecular weight is 293 g/mol. The largest absolute Gasteiger partial charge is 0.477 e. The second-order valence-electron chi connectivity index (χ2n) is 4.33. The van der Waals surface area contributed by atoms with Gasteiger partial charge in [-0.25, -0.2) is 9.97 Å². The maximum absolute atomic E-state index is 12.5. The quantitative estimate of drug-likeness (QED) is 0.850. The van der Waals surface area contributed by atoms with E-state index in [0.29, 0.717) is 25.6 Å². The maximum atomic E-state index is 12.5. The average Bonchev–Trinajstić information content (AvgIpc) is 2.79. The van der Waals surface area contributed by atoms with Crippen molar-refractivity contribution in [1.82, 2.24) is 14.9 Å². The van der Waals surface area contributed by atoms with E-state index in [2.05, 4.69) is 9.97 Å². The molecule has 0 unspecified atom stereocenters. The zero-order valence-electron chi connectivity index (χ0n) is 12.3. The predicted molar refractivity (Wildman–Crippen MR) is 80.6 cm³/mol. The van der Waals surface area contributed by atoms with E-state index in [9.17, 15) is 4.79 Å². The molecule has 2 rings (SSSR count). The highest BCUT2D eigenvalue weighted by atomic mass is 32.1. The number of fused-ring (bicyclic) bond motifs is 1. The van der Waals surface area contributed by atoms with Gasteiger partial charge < -0.3 is 9.64 Å². The lowest BCUT2D eigenvalue weighted by atomic mass is 10.2. The van der Waals surface area contributed by atoms with Crippen molar-refractivity contribution in [2.24, 2.45) is 0 Å². The van der Waals surface area contributed by atoms with Crippen LogP contribution in [-0.4, -0.2) is 40.5 Å². The van der Waals surface area contributed by atoms with Crippen LogP contribution in [0.5, 0.6) is 5.88 Å². The number of thiophene rings is 1. The Bertz CT molecular complexity index is 620. The molecule has 108 valence electrons. The summed E-state index contributed by atoms with van der Waals surface area (Å²) in [5.41, 5.74) is 0.908. The number of ether oxygens (including phenoxy) is 1. The van der Waals surface area contributed by atoms with Gasteiger partial charge in [-0.1, -0.05) is 0 Å². The summed E-state index contributed by atoms with van der Waals surface area (Å²) in [4.78, 5) is 24.3. The minimum Gasteiger partial charge on any atom is -0.477 e. The fraction of sp³-hybridized carbons (Fsp3) is 0.500. The summed E-state index contributed by atoms with van der Waals surface area (Å²) in [6.07, 6.45) is 1.48. The van der Waals surface area contributed by atoms with Gasteiger partial charge in [0.1, 0.15) is 11.2 Å². The molecule has 0 aliphatic heterocycles. The molecule has 0 fully saturated rings. The van der Waals surface area contributed by atoms with Gasteiger partial charge in [0.2, 0.25) is 5.88 Å². The second-order valence-corrected chi connectivity index (χ2v) is 5.32. The standard InChI is InChI=1S/C14H19N3O2S/c1-5-17(6-2)14(18)11-9(4)10-12(19-7-3)15-8-16-13(10)20-11/h8H,5-7H2,1-4H3. The highest BCUT2D eigenvalue weighted by Crippen LogP contribution is 2.34. The van der Waals surface area contributed by atoms with E-state index >= 15 is 0 Å². The minimum atomic E-state index is 0.0537. The van der Waals surface area contributed by atoms with Gasteiger partial charge in [-0.3, -0.25) is 4.79 Å². The van der Waals surface area contributed by atoms with Gasteiger partial charge in [0.05, 0.1) is 16.9 Å². The van der Waals surface area contributed by atoms with Gasteiger partial charge in [0, 0.05) is 13.1 Å². The Morgan fingerprint density at radius 2 is 2.00 bits per heavy atom. The number of aryl methyl sites for hydroxylation is 1. The molecule has 0 N–H and O–H groups in total. The topological polar surface area (TPSA) is 55.3 Å². The fourth-order valence-corrected chi connectivity index (χ4v) is 3.25. The molecule has 2 aromatic rings. The van der Waals surface area contributed by atoms with Crippen molar-refractivity contribution in [3.63, 3.8) is 0 Å². The van der Waals surface area contributed by atoms with Crippen molar-refractivity contribution in [2.45, 2.75) is 27.7 Å². The molecule has 1 amide bonds. The molecule has 6 heteroatoms. The third-order valence-corrected chi connectivity index (χ3v) is 4.41. The summed E-state index contributed by atoms with van der Waals surface area (Å²) in [5.74, 6) is 0.614. The van der Waals surface area contributed by atoms with Gasteiger partial charge in [0.15, 0.2) is 0 Å². The number of rotatable bonds is 5. The Labute approximate surface area is 122 Å². The summed E-state index contributed by atoms with van der Waals surface area (Å²) in [7, 11) is 0. The zero-order valence-corrected chi connectivity index (χ0v) is 13.1. The van der Waals surface area contributed by atoms with Gasteiger partial charge in [0.25, 0.3) is 5.91 Å². The first-order valence-electron chi connectivity index (χ1n) is 6.80. The van der Waals surface area contributed by atoms with Crippen LogP contribution in [0, 0.1) is 6.92 Å². The minimum absolute atomic E-state index is 0.0537. The smallest absolute Gasteiger partial charge is 0.264 e. The van der Waals surface area contributed by atoms with Gasteiger partial charge >= 0.3 is 0 Å². The molecule has 0 saturated carbocycles.